The molecule has 1 aliphatic rings. The molecule has 0 heterocycles. The zero-order valence-corrected chi connectivity index (χ0v) is 10.9. The van der Waals surface area contributed by atoms with E-state index in [1.54, 1.807) is 5.57 Å². The molecule has 15 heavy (non-hydrogen) atoms. The van der Waals surface area contributed by atoms with Gasteiger partial charge in [-0.3, -0.25) is 0 Å². The van der Waals surface area contributed by atoms with E-state index in [1.165, 1.54) is 51.4 Å². The van der Waals surface area contributed by atoms with Crippen molar-refractivity contribution in [2.75, 3.05) is 0 Å². The van der Waals surface area contributed by atoms with E-state index in [2.05, 4.69) is 26.8 Å². The molecule has 0 aliphatic heterocycles. The summed E-state index contributed by atoms with van der Waals surface area (Å²) in [6.07, 6.45) is 13.7. The maximum atomic E-state index is 2.43. The van der Waals surface area contributed by atoms with Gasteiger partial charge in [0.1, 0.15) is 0 Å². The third-order valence-electron chi connectivity index (χ3n) is 3.94. The van der Waals surface area contributed by atoms with Crippen molar-refractivity contribution in [3.05, 3.63) is 11.6 Å². The summed E-state index contributed by atoms with van der Waals surface area (Å²) in [6.45, 7) is 6.97. The smallest absolute Gasteiger partial charge is 0.0294 e. The standard InChI is InChI=1S/C15H28/c1-4-7-14(5-2)10-11-15-9-6-8-13(3)12-15/h8,14-15H,4-7,9-12H2,1-3H3. The lowest BCUT2D eigenvalue weighted by molar-refractivity contribution is 0.346. The molecule has 0 N–H and O–H groups in total. The Bertz CT molecular complexity index is 190. The number of hydrogen-bond acceptors (Lipinski definition) is 0. The number of hydrogen-bond donors (Lipinski definition) is 0. The van der Waals surface area contributed by atoms with Crippen LogP contribution in [0.4, 0.5) is 0 Å². The third kappa shape index (κ3) is 4.86. The number of rotatable bonds is 6. The Labute approximate surface area is 96.2 Å². The largest absolute Gasteiger partial charge is 0.0856 e. The van der Waals surface area contributed by atoms with Crippen molar-refractivity contribution < 1.29 is 0 Å². The zero-order chi connectivity index (χ0) is 11.1. The Morgan fingerprint density at radius 2 is 2.13 bits per heavy atom. The highest BCUT2D eigenvalue weighted by molar-refractivity contribution is 5.03. The van der Waals surface area contributed by atoms with Gasteiger partial charge in [-0.2, -0.15) is 0 Å². The van der Waals surface area contributed by atoms with E-state index in [9.17, 15) is 0 Å². The van der Waals surface area contributed by atoms with Crippen LogP contribution >= 0.6 is 0 Å². The quantitative estimate of drug-likeness (QED) is 0.517. The molecule has 2 atom stereocenters. The summed E-state index contributed by atoms with van der Waals surface area (Å²) in [6, 6.07) is 0. The third-order valence-corrected chi connectivity index (χ3v) is 3.94. The minimum absolute atomic E-state index is 1.00. The molecule has 0 aromatic carbocycles. The van der Waals surface area contributed by atoms with Crippen LogP contribution in [0, 0.1) is 11.8 Å². The second kappa shape index (κ2) is 7.09. The van der Waals surface area contributed by atoms with Crippen molar-refractivity contribution in [2.45, 2.75) is 72.1 Å². The topological polar surface area (TPSA) is 0 Å². The highest BCUT2D eigenvalue weighted by Gasteiger charge is 2.15. The molecule has 0 saturated heterocycles. The Kier molecular flexibility index (Phi) is 6.05. The molecule has 2 unspecified atom stereocenters. The molecule has 0 amide bonds. The summed E-state index contributed by atoms with van der Waals surface area (Å²) in [5, 5.41) is 0. The van der Waals surface area contributed by atoms with Gasteiger partial charge in [0.2, 0.25) is 0 Å². The van der Waals surface area contributed by atoms with Crippen LogP contribution in [0.3, 0.4) is 0 Å². The van der Waals surface area contributed by atoms with E-state index < -0.39 is 0 Å². The first kappa shape index (κ1) is 12.8. The maximum absolute atomic E-state index is 2.43. The Morgan fingerprint density at radius 1 is 1.33 bits per heavy atom. The van der Waals surface area contributed by atoms with Gasteiger partial charge in [-0.15, -0.1) is 0 Å². The minimum Gasteiger partial charge on any atom is -0.0856 e. The first-order chi connectivity index (χ1) is 7.26. The molecule has 0 aromatic heterocycles. The fourth-order valence-electron chi connectivity index (χ4n) is 2.88. The first-order valence-electron chi connectivity index (χ1n) is 6.91. The maximum Gasteiger partial charge on any atom is -0.0294 e. The summed E-state index contributed by atoms with van der Waals surface area (Å²) >= 11 is 0. The summed E-state index contributed by atoms with van der Waals surface area (Å²) in [5.41, 5.74) is 1.63. The van der Waals surface area contributed by atoms with Crippen molar-refractivity contribution in [3.8, 4) is 0 Å². The molecular formula is C15H28. The second-order valence-electron chi connectivity index (χ2n) is 5.34. The monoisotopic (exact) mass is 208 g/mol. The van der Waals surface area contributed by atoms with Crippen LogP contribution in [0.1, 0.15) is 72.1 Å². The van der Waals surface area contributed by atoms with Crippen LogP contribution in [0.5, 0.6) is 0 Å². The van der Waals surface area contributed by atoms with Crippen molar-refractivity contribution in [1.29, 1.82) is 0 Å². The lowest BCUT2D eigenvalue weighted by atomic mass is 9.83. The molecule has 0 heteroatoms. The highest BCUT2D eigenvalue weighted by Crippen LogP contribution is 2.30. The van der Waals surface area contributed by atoms with Gasteiger partial charge in [0.15, 0.2) is 0 Å². The Morgan fingerprint density at radius 3 is 2.73 bits per heavy atom. The van der Waals surface area contributed by atoms with Crippen molar-refractivity contribution in [3.63, 3.8) is 0 Å². The van der Waals surface area contributed by atoms with Gasteiger partial charge >= 0.3 is 0 Å². The van der Waals surface area contributed by atoms with Gasteiger partial charge in [0, 0.05) is 0 Å². The molecule has 1 rings (SSSR count). The van der Waals surface area contributed by atoms with Crippen molar-refractivity contribution in [1.82, 2.24) is 0 Å². The minimum atomic E-state index is 1.00. The predicted molar refractivity (Wildman–Crippen MR) is 69.0 cm³/mol. The summed E-state index contributed by atoms with van der Waals surface area (Å²) in [5.74, 6) is 2.00. The molecule has 0 bridgehead atoms. The van der Waals surface area contributed by atoms with Gasteiger partial charge in [-0.1, -0.05) is 51.2 Å². The Hall–Kier alpha value is -0.260. The van der Waals surface area contributed by atoms with E-state index in [4.69, 9.17) is 0 Å². The summed E-state index contributed by atoms with van der Waals surface area (Å²) in [4.78, 5) is 0. The van der Waals surface area contributed by atoms with Crippen molar-refractivity contribution in [2.24, 2.45) is 11.8 Å². The van der Waals surface area contributed by atoms with E-state index >= 15 is 0 Å². The average molecular weight is 208 g/mol. The number of allylic oxidation sites excluding steroid dienone is 2. The van der Waals surface area contributed by atoms with E-state index in [1.807, 2.05) is 0 Å². The summed E-state index contributed by atoms with van der Waals surface area (Å²) in [7, 11) is 0. The zero-order valence-electron chi connectivity index (χ0n) is 10.9. The average Bonchev–Trinajstić information content (AvgIpc) is 2.24. The predicted octanol–water partition coefficient (Wildman–Crippen LogP) is 5.34. The van der Waals surface area contributed by atoms with E-state index in [0.29, 0.717) is 0 Å². The lowest BCUT2D eigenvalue weighted by Crippen LogP contribution is -2.08. The second-order valence-corrected chi connectivity index (χ2v) is 5.34. The molecule has 0 radical (unpaired) electrons. The van der Waals surface area contributed by atoms with E-state index in [-0.39, 0.29) is 0 Å². The molecular weight excluding hydrogens is 180 g/mol. The molecule has 0 spiro atoms. The fourth-order valence-corrected chi connectivity index (χ4v) is 2.88. The van der Waals surface area contributed by atoms with Gasteiger partial charge < -0.3 is 0 Å². The van der Waals surface area contributed by atoms with Crippen LogP contribution in [0.15, 0.2) is 11.6 Å². The SMILES string of the molecule is CCCC(CC)CCC1CCC=C(C)C1. The summed E-state index contributed by atoms with van der Waals surface area (Å²) < 4.78 is 0. The molecule has 0 aromatic rings. The molecule has 0 saturated carbocycles. The van der Waals surface area contributed by atoms with E-state index in [0.717, 1.165) is 11.8 Å². The van der Waals surface area contributed by atoms with Crippen LogP contribution < -0.4 is 0 Å². The lowest BCUT2D eigenvalue weighted by Gasteiger charge is -2.23. The van der Waals surface area contributed by atoms with Crippen LogP contribution in [0.25, 0.3) is 0 Å². The van der Waals surface area contributed by atoms with Crippen LogP contribution in [-0.4, -0.2) is 0 Å². The first-order valence-corrected chi connectivity index (χ1v) is 6.91. The molecule has 0 nitrogen and oxygen atoms in total. The van der Waals surface area contributed by atoms with Crippen LogP contribution in [0.2, 0.25) is 0 Å². The molecule has 0 fully saturated rings. The molecule has 88 valence electrons. The fraction of sp³-hybridized carbons (Fsp3) is 0.867. The van der Waals surface area contributed by atoms with Gasteiger partial charge in [-0.25, -0.2) is 0 Å². The van der Waals surface area contributed by atoms with Gasteiger partial charge in [-0.05, 0) is 44.4 Å². The normalized spacial score (nSPS) is 23.7. The highest BCUT2D eigenvalue weighted by atomic mass is 14.2. The molecule has 1 aliphatic carbocycles. The van der Waals surface area contributed by atoms with Gasteiger partial charge in [0.05, 0.1) is 0 Å². The van der Waals surface area contributed by atoms with Crippen LogP contribution in [-0.2, 0) is 0 Å². The van der Waals surface area contributed by atoms with Gasteiger partial charge in [0.25, 0.3) is 0 Å². The Balaban J connectivity index is 2.21. The van der Waals surface area contributed by atoms with Crippen molar-refractivity contribution >= 4 is 0 Å².